The highest BCUT2D eigenvalue weighted by atomic mass is 16.5. The van der Waals surface area contributed by atoms with E-state index in [0.29, 0.717) is 17.9 Å². The van der Waals surface area contributed by atoms with Gasteiger partial charge in [-0.05, 0) is 67.6 Å². The summed E-state index contributed by atoms with van der Waals surface area (Å²) in [6.45, 7) is 3.64. The van der Waals surface area contributed by atoms with Crippen molar-refractivity contribution < 1.29 is 9.53 Å². The summed E-state index contributed by atoms with van der Waals surface area (Å²) in [6.07, 6.45) is 3.98. The third-order valence-corrected chi connectivity index (χ3v) is 7.03. The van der Waals surface area contributed by atoms with Gasteiger partial charge in [-0.3, -0.25) is 14.3 Å². The summed E-state index contributed by atoms with van der Waals surface area (Å²) in [5.74, 6) is 1.39. The molecule has 1 aliphatic carbocycles. The molecule has 0 bridgehead atoms. The minimum Gasteiger partial charge on any atom is -0.497 e. The molecule has 35 heavy (non-hydrogen) atoms. The van der Waals surface area contributed by atoms with Crippen LogP contribution in [0.25, 0.3) is 5.69 Å². The Morgan fingerprint density at radius 1 is 0.971 bits per heavy atom. The van der Waals surface area contributed by atoms with Gasteiger partial charge in [0.15, 0.2) is 0 Å². The number of aromatic nitrogens is 1. The molecule has 2 aliphatic rings. The Morgan fingerprint density at radius 3 is 2.37 bits per heavy atom. The molecule has 180 valence electrons. The van der Waals surface area contributed by atoms with Gasteiger partial charge in [-0.1, -0.05) is 18.2 Å². The Kier molecular flexibility index (Phi) is 6.73. The number of benzene rings is 2. The molecule has 0 unspecified atom stereocenters. The number of hydrogen-bond donors (Lipinski definition) is 1. The summed E-state index contributed by atoms with van der Waals surface area (Å²) < 4.78 is 7.34. The molecule has 1 aliphatic heterocycles. The molecule has 1 N–H and O–H groups in total. The molecule has 0 saturated carbocycles. The fourth-order valence-corrected chi connectivity index (χ4v) is 5.23. The topological polar surface area (TPSA) is 73.5 Å². The largest absolute Gasteiger partial charge is 0.497 e. The van der Waals surface area contributed by atoms with Gasteiger partial charge in [-0.25, -0.2) is 0 Å². The maximum atomic E-state index is 13.2. The summed E-state index contributed by atoms with van der Waals surface area (Å²) >= 11 is 0. The zero-order valence-electron chi connectivity index (χ0n) is 20.2. The highest BCUT2D eigenvalue weighted by Crippen LogP contribution is 2.35. The Bertz CT molecular complexity index is 1220. The number of ether oxygens (including phenoxy) is 1. The molecule has 2 aromatic carbocycles. The lowest BCUT2D eigenvalue weighted by Crippen LogP contribution is -2.48. The van der Waals surface area contributed by atoms with Crippen LogP contribution in [-0.4, -0.2) is 55.2 Å². The second-order valence-corrected chi connectivity index (χ2v) is 9.15. The maximum absolute atomic E-state index is 13.2. The van der Waals surface area contributed by atoms with E-state index < -0.39 is 0 Å². The van der Waals surface area contributed by atoms with Crippen LogP contribution < -0.4 is 15.0 Å². The molecule has 3 aromatic rings. The molecule has 1 aromatic heterocycles. The zero-order chi connectivity index (χ0) is 24.2. The number of fused-ring (bicyclic) bond motifs is 1. The minimum atomic E-state index is -0.0774. The highest BCUT2D eigenvalue weighted by Gasteiger charge is 2.27. The molecule has 2 heterocycles. The molecule has 1 fully saturated rings. The monoisotopic (exact) mass is 469 g/mol. The number of nitriles is 1. The predicted molar refractivity (Wildman–Crippen MR) is 137 cm³/mol. The highest BCUT2D eigenvalue weighted by molar-refractivity contribution is 5.93. The standard InChI is InChI=1S/C28H31N5O2/c1-35-23-13-11-21(12-14-23)32-17-15-31(16-18-32)20-27(34)30-28-25(19-29)24-9-5-6-10-26(24)33(28)22-7-3-2-4-8-22/h2-4,7-8,11-14H,5-6,9-10,15-18,20H2,1H3,(H,30,34). The van der Waals surface area contributed by atoms with Crippen LogP contribution in [0.3, 0.4) is 0 Å². The van der Waals surface area contributed by atoms with Gasteiger partial charge in [-0.15, -0.1) is 0 Å². The smallest absolute Gasteiger partial charge is 0.239 e. The van der Waals surface area contributed by atoms with Crippen LogP contribution in [0.15, 0.2) is 54.6 Å². The molecule has 0 radical (unpaired) electrons. The molecule has 7 heteroatoms. The molecule has 0 spiro atoms. The molecular formula is C28H31N5O2. The van der Waals surface area contributed by atoms with Crippen molar-refractivity contribution in [3.05, 3.63) is 71.4 Å². The summed E-state index contributed by atoms with van der Waals surface area (Å²) in [5, 5.41) is 13.1. The molecule has 5 rings (SSSR count). The maximum Gasteiger partial charge on any atom is 0.239 e. The lowest BCUT2D eigenvalue weighted by molar-refractivity contribution is -0.117. The van der Waals surface area contributed by atoms with Crippen LogP contribution in [0.1, 0.15) is 29.7 Å². The SMILES string of the molecule is COc1ccc(N2CCN(CC(=O)Nc3c(C#N)c4c(n3-c3ccccc3)CCCC4)CC2)cc1. The molecule has 7 nitrogen and oxygen atoms in total. The number of nitrogens with one attached hydrogen (secondary N) is 1. The second-order valence-electron chi connectivity index (χ2n) is 9.15. The third-order valence-electron chi connectivity index (χ3n) is 7.03. The number of rotatable bonds is 6. The first-order chi connectivity index (χ1) is 17.2. The van der Waals surface area contributed by atoms with E-state index >= 15 is 0 Å². The van der Waals surface area contributed by atoms with Crippen molar-refractivity contribution in [1.82, 2.24) is 9.47 Å². The summed E-state index contributed by atoms with van der Waals surface area (Å²) in [5.41, 5.74) is 5.00. The van der Waals surface area contributed by atoms with Gasteiger partial charge in [0.25, 0.3) is 0 Å². The predicted octanol–water partition coefficient (Wildman–Crippen LogP) is 4.00. The van der Waals surface area contributed by atoms with Crippen LogP contribution >= 0.6 is 0 Å². The normalized spacial score (nSPS) is 15.8. The fourth-order valence-electron chi connectivity index (χ4n) is 5.23. The Morgan fingerprint density at radius 2 is 1.69 bits per heavy atom. The minimum absolute atomic E-state index is 0.0774. The van der Waals surface area contributed by atoms with Crippen molar-refractivity contribution in [3.63, 3.8) is 0 Å². The van der Waals surface area contributed by atoms with E-state index in [1.54, 1.807) is 7.11 Å². The molecule has 1 amide bonds. The number of para-hydroxylation sites is 1. The van der Waals surface area contributed by atoms with Gasteiger partial charge in [0, 0.05) is 43.2 Å². The average molecular weight is 470 g/mol. The first-order valence-corrected chi connectivity index (χ1v) is 12.3. The van der Waals surface area contributed by atoms with E-state index in [2.05, 4.69) is 37.9 Å². The van der Waals surface area contributed by atoms with Crippen LogP contribution in [0.4, 0.5) is 11.5 Å². The number of piperazine rings is 1. The van der Waals surface area contributed by atoms with Gasteiger partial charge in [0.05, 0.1) is 19.2 Å². The van der Waals surface area contributed by atoms with Gasteiger partial charge >= 0.3 is 0 Å². The number of carbonyl (C=O) groups excluding carboxylic acids is 1. The Hall–Kier alpha value is -3.76. The van der Waals surface area contributed by atoms with Crippen LogP contribution in [0.5, 0.6) is 5.75 Å². The number of anilines is 2. The van der Waals surface area contributed by atoms with Crippen molar-refractivity contribution >= 4 is 17.4 Å². The van der Waals surface area contributed by atoms with Crippen molar-refractivity contribution in [1.29, 1.82) is 5.26 Å². The second kappa shape index (κ2) is 10.2. The summed E-state index contributed by atoms with van der Waals surface area (Å²) in [7, 11) is 1.67. The first-order valence-electron chi connectivity index (χ1n) is 12.3. The van der Waals surface area contributed by atoms with E-state index in [9.17, 15) is 10.1 Å². The van der Waals surface area contributed by atoms with Gasteiger partial charge < -0.3 is 15.0 Å². The van der Waals surface area contributed by atoms with Crippen molar-refractivity contribution in [2.45, 2.75) is 25.7 Å². The van der Waals surface area contributed by atoms with E-state index in [0.717, 1.165) is 74.6 Å². The molecule has 0 atom stereocenters. The fraction of sp³-hybridized carbons (Fsp3) is 0.357. The van der Waals surface area contributed by atoms with Gasteiger partial charge in [-0.2, -0.15) is 5.26 Å². The van der Waals surface area contributed by atoms with Crippen LogP contribution in [-0.2, 0) is 17.6 Å². The number of hydrogen-bond acceptors (Lipinski definition) is 5. The van der Waals surface area contributed by atoms with Gasteiger partial charge in [0.2, 0.25) is 5.91 Å². The van der Waals surface area contributed by atoms with E-state index in [1.165, 1.54) is 5.69 Å². The molecule has 1 saturated heterocycles. The lowest BCUT2D eigenvalue weighted by Gasteiger charge is -2.35. The Labute approximate surface area is 206 Å². The van der Waals surface area contributed by atoms with E-state index in [1.807, 2.05) is 42.5 Å². The number of nitrogens with zero attached hydrogens (tertiary/aromatic N) is 4. The third kappa shape index (κ3) is 4.75. The Balaban J connectivity index is 1.29. The van der Waals surface area contributed by atoms with Crippen molar-refractivity contribution in [3.8, 4) is 17.5 Å². The summed E-state index contributed by atoms with van der Waals surface area (Å²) in [6, 6.07) is 20.5. The number of carbonyl (C=O) groups is 1. The quantitative estimate of drug-likeness (QED) is 0.591. The average Bonchev–Trinajstić information content (AvgIpc) is 3.22. The van der Waals surface area contributed by atoms with E-state index in [4.69, 9.17) is 4.74 Å². The van der Waals surface area contributed by atoms with Crippen molar-refractivity contribution in [2.75, 3.05) is 50.1 Å². The van der Waals surface area contributed by atoms with Gasteiger partial charge in [0.1, 0.15) is 17.6 Å². The number of amides is 1. The summed E-state index contributed by atoms with van der Waals surface area (Å²) in [4.78, 5) is 17.7. The van der Waals surface area contributed by atoms with Crippen molar-refractivity contribution in [2.24, 2.45) is 0 Å². The number of methoxy groups -OCH3 is 1. The van der Waals surface area contributed by atoms with Crippen LogP contribution in [0, 0.1) is 11.3 Å². The van der Waals surface area contributed by atoms with E-state index in [-0.39, 0.29) is 5.91 Å². The zero-order valence-corrected chi connectivity index (χ0v) is 20.2. The first kappa shape index (κ1) is 23.0. The molecular weight excluding hydrogens is 438 g/mol. The van der Waals surface area contributed by atoms with Crippen LogP contribution in [0.2, 0.25) is 0 Å². The lowest BCUT2D eigenvalue weighted by atomic mass is 9.95.